The van der Waals surface area contributed by atoms with Crippen molar-refractivity contribution in [3.05, 3.63) is 89.2 Å². The van der Waals surface area contributed by atoms with Crippen molar-refractivity contribution in [1.82, 2.24) is 9.88 Å². The lowest BCUT2D eigenvalue weighted by Gasteiger charge is -2.33. The van der Waals surface area contributed by atoms with Gasteiger partial charge in [0.05, 0.1) is 25.8 Å². The number of hydroxylamine groups is 1. The van der Waals surface area contributed by atoms with Crippen LogP contribution in [0, 0.1) is 11.1 Å². The summed E-state index contributed by atoms with van der Waals surface area (Å²) < 4.78 is 12.3. The van der Waals surface area contributed by atoms with Crippen molar-refractivity contribution >= 4 is 11.4 Å². The van der Waals surface area contributed by atoms with Crippen LogP contribution in [0.3, 0.4) is 0 Å². The molecule has 1 atom stereocenters. The summed E-state index contributed by atoms with van der Waals surface area (Å²) in [6.07, 6.45) is 12.2. The molecule has 4 heterocycles. The van der Waals surface area contributed by atoms with Gasteiger partial charge >= 0.3 is 0 Å². The highest BCUT2D eigenvalue weighted by Crippen LogP contribution is 2.34. The van der Waals surface area contributed by atoms with Crippen molar-refractivity contribution in [2.45, 2.75) is 6.42 Å². The van der Waals surface area contributed by atoms with E-state index in [1.165, 1.54) is 0 Å². The van der Waals surface area contributed by atoms with E-state index in [4.69, 9.17) is 9.47 Å². The number of fused-ring (bicyclic) bond motifs is 2. The monoisotopic (exact) mass is 387 g/mol. The number of pyridine rings is 1. The zero-order valence-electron chi connectivity index (χ0n) is 16.1. The van der Waals surface area contributed by atoms with Crippen LogP contribution in [0.5, 0.6) is 11.5 Å². The molecule has 29 heavy (non-hydrogen) atoms. The normalized spacial score (nSPS) is 20.3. The van der Waals surface area contributed by atoms with Crippen LogP contribution in [0.15, 0.2) is 72.9 Å². The SMILES string of the molecule is COc1ccc2c(c1)CC(C1=CCN3C=C(c4ccncc4)C=CC3=[N+]1[O-])CO2. The molecule has 0 amide bonds. The fourth-order valence-corrected chi connectivity index (χ4v) is 4.01. The lowest BCUT2D eigenvalue weighted by atomic mass is 9.92. The van der Waals surface area contributed by atoms with Gasteiger partial charge in [-0.25, -0.2) is 9.64 Å². The lowest BCUT2D eigenvalue weighted by Crippen LogP contribution is -2.40. The third kappa shape index (κ3) is 3.16. The molecule has 0 radical (unpaired) electrons. The second kappa shape index (κ2) is 7.13. The number of rotatable bonds is 3. The molecule has 2 aromatic rings. The van der Waals surface area contributed by atoms with E-state index in [-0.39, 0.29) is 5.92 Å². The molecule has 6 heteroatoms. The number of nitrogens with zero attached hydrogens (tertiary/aromatic N) is 3. The van der Waals surface area contributed by atoms with E-state index >= 15 is 0 Å². The van der Waals surface area contributed by atoms with Gasteiger partial charge in [-0.2, -0.15) is 0 Å². The highest BCUT2D eigenvalue weighted by molar-refractivity contribution is 5.97. The number of hydrogen-bond acceptors (Lipinski definition) is 5. The minimum absolute atomic E-state index is 0.0146. The van der Waals surface area contributed by atoms with E-state index < -0.39 is 0 Å². The minimum atomic E-state index is 0.0146. The van der Waals surface area contributed by atoms with Crippen LogP contribution in [-0.4, -0.2) is 40.7 Å². The number of benzene rings is 1. The zero-order valence-corrected chi connectivity index (χ0v) is 16.1. The van der Waals surface area contributed by atoms with Gasteiger partial charge in [0.2, 0.25) is 0 Å². The van der Waals surface area contributed by atoms with E-state index in [2.05, 4.69) is 4.98 Å². The summed E-state index contributed by atoms with van der Waals surface area (Å²) in [5, 5.41) is 13.1. The first-order chi connectivity index (χ1) is 14.2. The van der Waals surface area contributed by atoms with E-state index in [9.17, 15) is 5.21 Å². The summed E-state index contributed by atoms with van der Waals surface area (Å²) in [5.74, 6) is 2.32. The van der Waals surface area contributed by atoms with Crippen LogP contribution < -0.4 is 9.47 Å². The zero-order chi connectivity index (χ0) is 19.8. The molecule has 0 bridgehead atoms. The summed E-state index contributed by atoms with van der Waals surface area (Å²) in [5.41, 5.74) is 3.97. The third-order valence-electron chi connectivity index (χ3n) is 5.55. The first-order valence-corrected chi connectivity index (χ1v) is 9.64. The molecule has 0 aliphatic carbocycles. The van der Waals surface area contributed by atoms with Crippen LogP contribution in [0.4, 0.5) is 0 Å². The molecule has 1 unspecified atom stereocenters. The van der Waals surface area contributed by atoms with Crippen molar-refractivity contribution in [1.29, 1.82) is 0 Å². The molecule has 146 valence electrons. The molecule has 5 rings (SSSR count). The third-order valence-corrected chi connectivity index (χ3v) is 5.55. The fraction of sp³-hybridized carbons (Fsp3) is 0.217. The summed E-state index contributed by atoms with van der Waals surface area (Å²) >= 11 is 0. The van der Waals surface area contributed by atoms with E-state index in [0.29, 0.717) is 19.0 Å². The van der Waals surface area contributed by atoms with E-state index in [0.717, 1.165) is 45.1 Å². The van der Waals surface area contributed by atoms with Gasteiger partial charge in [0.15, 0.2) is 0 Å². The fourth-order valence-electron chi connectivity index (χ4n) is 4.01. The summed E-state index contributed by atoms with van der Waals surface area (Å²) in [6.45, 7) is 1.16. The standard InChI is InChI=1S/C23H21N3O3/c1-28-20-3-4-22-18(13-20)12-19(15-29-22)21-8-11-25-14-17(2-5-23(25)26(21)27)16-6-9-24-10-7-16/h2-10,13-14,19H,11-12,15H2,1H3. The summed E-state index contributed by atoms with van der Waals surface area (Å²) in [4.78, 5) is 6.04. The largest absolute Gasteiger partial charge is 0.710 e. The van der Waals surface area contributed by atoms with Gasteiger partial charge in [0.25, 0.3) is 5.84 Å². The van der Waals surface area contributed by atoms with E-state index in [1.54, 1.807) is 19.5 Å². The Bertz CT molecular complexity index is 1070. The van der Waals surface area contributed by atoms with Crippen molar-refractivity contribution in [2.24, 2.45) is 5.92 Å². The van der Waals surface area contributed by atoms with Gasteiger partial charge in [-0.15, -0.1) is 0 Å². The average Bonchev–Trinajstić information content (AvgIpc) is 2.79. The first-order valence-electron chi connectivity index (χ1n) is 9.64. The Morgan fingerprint density at radius 1 is 1.21 bits per heavy atom. The maximum absolute atomic E-state index is 13.1. The highest BCUT2D eigenvalue weighted by atomic mass is 16.5. The Morgan fingerprint density at radius 3 is 2.90 bits per heavy atom. The second-order valence-electron chi connectivity index (χ2n) is 7.27. The molecule has 0 N–H and O–H groups in total. The highest BCUT2D eigenvalue weighted by Gasteiger charge is 2.32. The van der Waals surface area contributed by atoms with Crippen LogP contribution in [0.1, 0.15) is 11.1 Å². The lowest BCUT2D eigenvalue weighted by molar-refractivity contribution is -0.419. The average molecular weight is 387 g/mol. The molecule has 1 aromatic carbocycles. The number of amidine groups is 1. The molecular formula is C23H21N3O3. The number of methoxy groups -OCH3 is 1. The quantitative estimate of drug-likeness (QED) is 0.597. The molecule has 3 aliphatic rings. The number of allylic oxidation sites excluding steroid dienone is 2. The summed E-state index contributed by atoms with van der Waals surface area (Å²) in [6, 6.07) is 9.75. The van der Waals surface area contributed by atoms with Gasteiger partial charge < -0.3 is 14.7 Å². The van der Waals surface area contributed by atoms with Crippen molar-refractivity contribution < 1.29 is 14.2 Å². The Labute approximate surface area is 169 Å². The van der Waals surface area contributed by atoms with Gasteiger partial charge in [-0.3, -0.25) is 4.98 Å². The van der Waals surface area contributed by atoms with Crippen LogP contribution in [-0.2, 0) is 6.42 Å². The molecule has 0 saturated carbocycles. The molecule has 1 aromatic heterocycles. The predicted molar refractivity (Wildman–Crippen MR) is 110 cm³/mol. The van der Waals surface area contributed by atoms with Gasteiger partial charge in [-0.05, 0) is 54.0 Å². The van der Waals surface area contributed by atoms with Crippen molar-refractivity contribution in [3.63, 3.8) is 0 Å². The Balaban J connectivity index is 1.39. The Kier molecular flexibility index (Phi) is 4.31. The van der Waals surface area contributed by atoms with Crippen LogP contribution in [0.25, 0.3) is 5.57 Å². The van der Waals surface area contributed by atoms with Gasteiger partial charge in [0, 0.05) is 30.1 Å². The molecule has 3 aliphatic heterocycles. The molecule has 6 nitrogen and oxygen atoms in total. The van der Waals surface area contributed by atoms with Gasteiger partial charge in [0.1, 0.15) is 23.7 Å². The topological polar surface area (TPSA) is 60.7 Å². The number of ether oxygens (including phenoxy) is 2. The van der Waals surface area contributed by atoms with Crippen LogP contribution in [0.2, 0.25) is 0 Å². The number of aromatic nitrogens is 1. The van der Waals surface area contributed by atoms with E-state index in [1.807, 2.05) is 59.7 Å². The smallest absolute Gasteiger partial charge is 0.284 e. The maximum Gasteiger partial charge on any atom is 0.284 e. The molecular weight excluding hydrogens is 366 g/mol. The van der Waals surface area contributed by atoms with Crippen LogP contribution >= 0.6 is 0 Å². The maximum atomic E-state index is 13.1. The minimum Gasteiger partial charge on any atom is -0.710 e. The number of hydrogen-bond donors (Lipinski definition) is 0. The molecule has 0 spiro atoms. The van der Waals surface area contributed by atoms with Crippen molar-refractivity contribution in [3.8, 4) is 11.5 Å². The Hall–Kier alpha value is -3.54. The summed E-state index contributed by atoms with van der Waals surface area (Å²) in [7, 11) is 1.65. The first kappa shape index (κ1) is 17.6. The van der Waals surface area contributed by atoms with Gasteiger partial charge in [-0.1, -0.05) is 0 Å². The molecule has 0 saturated heterocycles. The predicted octanol–water partition coefficient (Wildman–Crippen LogP) is 3.36. The Morgan fingerprint density at radius 2 is 2.07 bits per heavy atom. The second-order valence-corrected chi connectivity index (χ2v) is 7.27. The molecule has 0 fully saturated rings. The van der Waals surface area contributed by atoms with Crippen molar-refractivity contribution in [2.75, 3.05) is 20.3 Å².